The van der Waals surface area contributed by atoms with Crippen LogP contribution in [0.3, 0.4) is 0 Å². The largest absolute Gasteiger partial charge is 0.458 e. The third kappa shape index (κ3) is 6.63. The van der Waals surface area contributed by atoms with Crippen molar-refractivity contribution in [1.29, 1.82) is 0 Å². The lowest BCUT2D eigenvalue weighted by atomic mass is 9.43. The minimum Gasteiger partial charge on any atom is -0.458 e. The Labute approximate surface area is 362 Å². The summed E-state index contributed by atoms with van der Waals surface area (Å²) in [5.41, 5.74) is 1.66. The molecule has 332 valence electrons. The van der Waals surface area contributed by atoms with E-state index in [0.29, 0.717) is 53.4 Å². The van der Waals surface area contributed by atoms with Gasteiger partial charge in [-0.25, -0.2) is 9.78 Å². The lowest BCUT2D eigenvalue weighted by Crippen LogP contribution is -2.58. The van der Waals surface area contributed by atoms with Gasteiger partial charge in [0.1, 0.15) is 12.4 Å². The van der Waals surface area contributed by atoms with Crippen LogP contribution in [0, 0.1) is 46.3 Å². The zero-order valence-corrected chi connectivity index (χ0v) is 36.8. The fourth-order valence-corrected chi connectivity index (χ4v) is 14.0. The Balaban J connectivity index is 0.813. The molecule has 4 heterocycles. The Morgan fingerprint density at radius 1 is 0.952 bits per heavy atom. The van der Waals surface area contributed by atoms with E-state index in [9.17, 15) is 39.3 Å². The van der Waals surface area contributed by atoms with Crippen molar-refractivity contribution in [2.75, 3.05) is 0 Å². The Morgan fingerprint density at radius 2 is 1.73 bits per heavy atom. The van der Waals surface area contributed by atoms with Gasteiger partial charge in [0.2, 0.25) is 0 Å². The Hall–Kier alpha value is -4.26. The zero-order valence-electron chi connectivity index (χ0n) is 36.8. The average molecular weight is 851 g/mol. The van der Waals surface area contributed by atoms with E-state index in [2.05, 4.69) is 20.8 Å². The maximum Gasteiger partial charge on any atom is 0.343 e. The topological polar surface area (TPSA) is 182 Å². The van der Waals surface area contributed by atoms with Crippen molar-refractivity contribution >= 4 is 34.4 Å². The summed E-state index contributed by atoms with van der Waals surface area (Å²) < 4.78 is 12.5. The number of ketones is 2. The maximum atomic E-state index is 13.7. The number of aromatic nitrogens is 2. The molecule has 0 saturated heterocycles. The number of rotatable bonds is 11. The second-order valence-electron chi connectivity index (χ2n) is 20.3. The maximum absolute atomic E-state index is 13.7. The second-order valence-corrected chi connectivity index (χ2v) is 20.3. The van der Waals surface area contributed by atoms with Crippen LogP contribution in [0.25, 0.3) is 22.3 Å². The van der Waals surface area contributed by atoms with E-state index in [0.717, 1.165) is 67.9 Å². The van der Waals surface area contributed by atoms with Crippen molar-refractivity contribution < 1.29 is 44.0 Å². The molecule has 2 aliphatic heterocycles. The van der Waals surface area contributed by atoms with Gasteiger partial charge in [-0.05, 0) is 147 Å². The highest BCUT2D eigenvalue weighted by atomic mass is 16.6. The van der Waals surface area contributed by atoms with Gasteiger partial charge in [0.05, 0.1) is 47.6 Å². The molecule has 4 fully saturated rings. The molecule has 1 unspecified atom stereocenters. The molecule has 0 spiro atoms. The van der Waals surface area contributed by atoms with Crippen LogP contribution in [0.1, 0.15) is 140 Å². The minimum absolute atomic E-state index is 0.0491. The van der Waals surface area contributed by atoms with Gasteiger partial charge in [0.15, 0.2) is 17.2 Å². The summed E-state index contributed by atoms with van der Waals surface area (Å²) in [6.07, 6.45) is 8.22. The third-order valence-electron chi connectivity index (χ3n) is 17.6. The van der Waals surface area contributed by atoms with Gasteiger partial charge in [0, 0.05) is 29.4 Å². The molecular formula is C50H62N2O10. The summed E-state index contributed by atoms with van der Waals surface area (Å²) >= 11 is 0. The molecule has 9 rings (SSSR count). The summed E-state index contributed by atoms with van der Waals surface area (Å²) in [4.78, 5) is 70.5. The van der Waals surface area contributed by atoms with Crippen LogP contribution in [0.5, 0.6) is 5.75 Å². The lowest BCUT2D eigenvalue weighted by molar-refractivity contribution is -0.175. The molecule has 2 aromatic heterocycles. The first-order valence-electron chi connectivity index (χ1n) is 23.3. The van der Waals surface area contributed by atoms with Crippen molar-refractivity contribution in [1.82, 2.24) is 9.55 Å². The number of aryl methyl sites for hydroxylation is 1. The monoisotopic (exact) mass is 850 g/mol. The Bertz CT molecular complexity index is 2420. The number of aliphatic hydroxyl groups excluding tert-OH is 2. The number of Topliss-reactive ketones (excluding diaryl/α,β-unsaturated/α-hetero) is 2. The van der Waals surface area contributed by atoms with E-state index in [1.807, 2.05) is 6.92 Å². The predicted molar refractivity (Wildman–Crippen MR) is 230 cm³/mol. The number of esters is 2. The second kappa shape index (κ2) is 15.8. The van der Waals surface area contributed by atoms with Gasteiger partial charge < -0.3 is 29.4 Å². The van der Waals surface area contributed by atoms with E-state index < -0.39 is 35.2 Å². The van der Waals surface area contributed by atoms with Gasteiger partial charge >= 0.3 is 11.9 Å². The first-order chi connectivity index (χ1) is 29.5. The normalized spacial score (nSPS) is 33.6. The highest BCUT2D eigenvalue weighted by Crippen LogP contribution is 2.68. The highest BCUT2D eigenvalue weighted by Gasteiger charge is 2.63. The standard InChI is InChI=1S/C50H62N2O10/c1-6-30-32-21-29(10-14-39(32)51-45-33(30)24-52-40(45)22-38-34(46(52)58)25-61-47(59)50(38,60)7-2)62-44(57)17-16-42(55)41(54)15-8-26(3)35-12-13-36-31-11-9-27-20-28(53)18-19-48(27,4)37(31)23-43(56)49(35,36)5/h10,14,21-22,26-28,31,35-37,43,53,56,60H,6-9,11-13,15-20,23-25H2,1-5H3/t26-,27?,28-,31+,35-,36+,37+,43+,48+,49-,50+/m1/s1. The van der Waals surface area contributed by atoms with Crippen molar-refractivity contribution in [2.45, 2.75) is 155 Å². The molecule has 1 aromatic carbocycles. The summed E-state index contributed by atoms with van der Waals surface area (Å²) in [6.45, 7) is 10.6. The van der Waals surface area contributed by atoms with E-state index in [1.165, 1.54) is 0 Å². The molecule has 4 saturated carbocycles. The summed E-state index contributed by atoms with van der Waals surface area (Å²) in [5.74, 6) is 0.255. The number of cyclic esters (lactones) is 1. The molecule has 3 aromatic rings. The number of aliphatic hydroxyl groups is 3. The van der Waals surface area contributed by atoms with Crippen molar-refractivity contribution in [3.8, 4) is 17.1 Å². The van der Waals surface area contributed by atoms with E-state index in [4.69, 9.17) is 14.5 Å². The number of pyridine rings is 2. The summed E-state index contributed by atoms with van der Waals surface area (Å²) in [6, 6.07) is 6.77. The third-order valence-corrected chi connectivity index (χ3v) is 17.6. The highest BCUT2D eigenvalue weighted by molar-refractivity contribution is 6.37. The summed E-state index contributed by atoms with van der Waals surface area (Å²) in [7, 11) is 0. The van der Waals surface area contributed by atoms with Gasteiger partial charge in [-0.15, -0.1) is 0 Å². The fraction of sp³-hybridized carbons (Fsp3) is 0.640. The number of fused-ring (bicyclic) bond motifs is 10. The number of carbonyl (C=O) groups is 4. The van der Waals surface area contributed by atoms with Gasteiger partial charge in [-0.1, -0.05) is 34.6 Å². The Morgan fingerprint density at radius 3 is 2.48 bits per heavy atom. The number of ether oxygens (including phenoxy) is 2. The van der Waals surface area contributed by atoms with Crippen LogP contribution in [-0.4, -0.2) is 60.6 Å². The quantitative estimate of drug-likeness (QED) is 0.0814. The molecular weight excluding hydrogens is 789 g/mol. The molecule has 0 bridgehead atoms. The average Bonchev–Trinajstić information content (AvgIpc) is 3.81. The fourth-order valence-electron chi connectivity index (χ4n) is 14.0. The van der Waals surface area contributed by atoms with Crippen LogP contribution in [-0.2, 0) is 49.1 Å². The van der Waals surface area contributed by atoms with Crippen LogP contribution < -0.4 is 10.3 Å². The van der Waals surface area contributed by atoms with Crippen LogP contribution >= 0.6 is 0 Å². The van der Waals surface area contributed by atoms with Gasteiger partial charge in [-0.2, -0.15) is 0 Å². The Kier molecular flexibility index (Phi) is 10.9. The molecule has 62 heavy (non-hydrogen) atoms. The van der Waals surface area contributed by atoms with Crippen molar-refractivity contribution in [3.05, 3.63) is 56.9 Å². The van der Waals surface area contributed by atoms with Crippen LogP contribution in [0.4, 0.5) is 0 Å². The molecule has 4 aliphatic carbocycles. The van der Waals surface area contributed by atoms with Gasteiger partial charge in [-0.3, -0.25) is 19.2 Å². The van der Waals surface area contributed by atoms with E-state index in [1.54, 1.807) is 35.8 Å². The number of hydrogen-bond donors (Lipinski definition) is 3. The number of nitrogens with zero attached hydrogens (tertiary/aromatic N) is 2. The summed E-state index contributed by atoms with van der Waals surface area (Å²) in [5, 5.41) is 34.3. The number of hydrogen-bond acceptors (Lipinski definition) is 11. The molecule has 6 aliphatic rings. The first kappa shape index (κ1) is 43.0. The van der Waals surface area contributed by atoms with Crippen molar-refractivity contribution in [3.63, 3.8) is 0 Å². The van der Waals surface area contributed by atoms with Crippen molar-refractivity contribution in [2.24, 2.45) is 46.3 Å². The van der Waals surface area contributed by atoms with E-state index >= 15 is 0 Å². The number of carbonyl (C=O) groups excluding carboxylic acids is 4. The first-order valence-corrected chi connectivity index (χ1v) is 23.3. The predicted octanol–water partition coefficient (Wildman–Crippen LogP) is 6.87. The zero-order chi connectivity index (χ0) is 44.0. The molecule has 12 nitrogen and oxygen atoms in total. The SMILES string of the molecule is CCc1c2c(nc3ccc(OC(=O)CCC(=O)C(=O)CC[C@@H](C)[C@H]4CC[C@H]5[C@@H]6CCC7C[C@H](O)CC[C@]7(C)[C@H]6C[C@H](O)[C@]45C)cc13)-c1cc3c(c(=O)n1C2)COC(=O)[C@]3(O)CC. The van der Waals surface area contributed by atoms with Gasteiger partial charge in [0.25, 0.3) is 5.56 Å². The number of benzene rings is 1. The molecule has 12 heteroatoms. The van der Waals surface area contributed by atoms with E-state index in [-0.39, 0.29) is 90.0 Å². The van der Waals surface area contributed by atoms with Crippen LogP contribution in [0.15, 0.2) is 29.1 Å². The smallest absolute Gasteiger partial charge is 0.343 e. The molecule has 11 atom stereocenters. The minimum atomic E-state index is -1.92. The molecule has 0 amide bonds. The molecule has 0 radical (unpaired) electrons. The molecule has 3 N–H and O–H groups in total. The van der Waals surface area contributed by atoms with Crippen LogP contribution in [0.2, 0.25) is 0 Å². The lowest BCUT2D eigenvalue weighted by Gasteiger charge is -2.62.